The van der Waals surface area contributed by atoms with E-state index in [0.717, 1.165) is 57.5 Å². The summed E-state index contributed by atoms with van der Waals surface area (Å²) in [7, 11) is 0. The molecule has 0 aromatic carbocycles. The van der Waals surface area contributed by atoms with E-state index in [1.165, 1.54) is 6.33 Å². The molecule has 5 rings (SSSR count). The summed E-state index contributed by atoms with van der Waals surface area (Å²) < 4.78 is 7.60. The van der Waals surface area contributed by atoms with Crippen LogP contribution in [0.25, 0.3) is 0 Å². The van der Waals surface area contributed by atoms with Gasteiger partial charge in [-0.15, -0.1) is 0 Å². The van der Waals surface area contributed by atoms with Gasteiger partial charge in [-0.2, -0.15) is 10.1 Å². The van der Waals surface area contributed by atoms with Gasteiger partial charge in [-0.25, -0.2) is 19.9 Å². The zero-order chi connectivity index (χ0) is 20.9. The molecule has 2 aliphatic heterocycles. The second-order valence-electron chi connectivity index (χ2n) is 7.40. The zero-order valence-electron chi connectivity index (χ0n) is 17.1. The minimum Gasteiger partial charge on any atom is -0.374 e. The molecule has 0 saturated carbocycles. The van der Waals surface area contributed by atoms with Crippen LogP contribution in [0.15, 0.2) is 37.2 Å². The van der Waals surface area contributed by atoms with E-state index in [0.29, 0.717) is 18.4 Å². The molecule has 31 heavy (non-hydrogen) atoms. The maximum absolute atomic E-state index is 5.73. The third-order valence-electron chi connectivity index (χ3n) is 5.24. The van der Waals surface area contributed by atoms with E-state index in [9.17, 15) is 0 Å². The van der Waals surface area contributed by atoms with Crippen LogP contribution in [0.3, 0.4) is 0 Å². The fourth-order valence-electron chi connectivity index (χ4n) is 3.66. The van der Waals surface area contributed by atoms with Gasteiger partial charge in [0.15, 0.2) is 0 Å². The summed E-state index contributed by atoms with van der Waals surface area (Å²) in [5.74, 6) is 1.90. The molecule has 0 unspecified atom stereocenters. The first-order chi connectivity index (χ1) is 15.3. The monoisotopic (exact) mass is 423 g/mol. The van der Waals surface area contributed by atoms with E-state index in [4.69, 9.17) is 4.74 Å². The molecular weight excluding hydrogens is 398 g/mol. The number of anilines is 4. The Morgan fingerprint density at radius 1 is 1.03 bits per heavy atom. The van der Waals surface area contributed by atoms with Crippen LogP contribution >= 0.6 is 0 Å². The van der Waals surface area contributed by atoms with Crippen LogP contribution in [-0.2, 0) is 11.3 Å². The summed E-state index contributed by atoms with van der Waals surface area (Å²) in [4.78, 5) is 26.2. The fraction of sp³-hybridized carbons (Fsp3) is 0.474. The van der Waals surface area contributed by atoms with Crippen LogP contribution < -0.4 is 20.4 Å². The second kappa shape index (κ2) is 9.18. The van der Waals surface area contributed by atoms with Crippen LogP contribution in [0.5, 0.6) is 0 Å². The van der Waals surface area contributed by atoms with Crippen LogP contribution in [0.1, 0.15) is 0 Å². The van der Waals surface area contributed by atoms with E-state index in [1.54, 1.807) is 18.6 Å². The van der Waals surface area contributed by atoms with Crippen molar-refractivity contribution in [3.8, 4) is 0 Å². The highest BCUT2D eigenvalue weighted by molar-refractivity contribution is 5.51. The average Bonchev–Trinajstić information content (AvgIpc) is 3.27. The summed E-state index contributed by atoms with van der Waals surface area (Å²) in [5, 5.41) is 10.9. The number of hydrogen-bond acceptors (Lipinski definition) is 11. The predicted molar refractivity (Wildman–Crippen MR) is 114 cm³/mol. The van der Waals surface area contributed by atoms with E-state index >= 15 is 0 Å². The molecular formula is C19H25N11O. The highest BCUT2D eigenvalue weighted by atomic mass is 16.5. The number of aromatic nitrogens is 7. The van der Waals surface area contributed by atoms with E-state index in [1.807, 2.05) is 16.9 Å². The molecule has 3 aromatic rings. The van der Waals surface area contributed by atoms with E-state index < -0.39 is 0 Å². The smallest absolute Gasteiger partial charge is 0.232 e. The first kappa shape index (κ1) is 19.6. The van der Waals surface area contributed by atoms with Crippen molar-refractivity contribution in [2.24, 2.45) is 0 Å². The van der Waals surface area contributed by atoms with Gasteiger partial charge in [0.2, 0.25) is 17.8 Å². The largest absolute Gasteiger partial charge is 0.374 e. The molecule has 0 spiro atoms. The molecule has 0 bridgehead atoms. The minimum absolute atomic E-state index is 0.130. The third kappa shape index (κ3) is 4.86. The van der Waals surface area contributed by atoms with Gasteiger partial charge in [-0.05, 0) is 6.07 Å². The van der Waals surface area contributed by atoms with Crippen molar-refractivity contribution in [2.75, 3.05) is 61.0 Å². The Balaban J connectivity index is 1.18. The lowest BCUT2D eigenvalue weighted by Crippen LogP contribution is -2.47. The number of nitrogens with zero attached hydrogens (tertiary/aromatic N) is 9. The summed E-state index contributed by atoms with van der Waals surface area (Å²) in [6, 6.07) is 1.82. The summed E-state index contributed by atoms with van der Waals surface area (Å²) in [6.07, 6.45) is 8.88. The Morgan fingerprint density at radius 2 is 1.84 bits per heavy atom. The van der Waals surface area contributed by atoms with Crippen LogP contribution in [0.2, 0.25) is 0 Å². The number of piperazine rings is 1. The van der Waals surface area contributed by atoms with Crippen LogP contribution in [0, 0.1) is 0 Å². The fourth-order valence-corrected chi connectivity index (χ4v) is 3.66. The summed E-state index contributed by atoms with van der Waals surface area (Å²) in [5.41, 5.74) is 0.826. The second-order valence-corrected chi connectivity index (χ2v) is 7.40. The van der Waals surface area contributed by atoms with Crippen LogP contribution in [-0.4, -0.2) is 86.7 Å². The van der Waals surface area contributed by atoms with Crippen molar-refractivity contribution in [2.45, 2.75) is 12.6 Å². The zero-order valence-corrected chi connectivity index (χ0v) is 17.1. The Bertz CT molecular complexity index is 968. The standard InChI is InChI=1S/C19H25N11O/c1-2-21-18(22-3-1)28-5-7-29(8-6-28)19-24-14-23-17(27-19)26-15-10-25-30(12-15)13-16-11-20-4-9-31-16/h1-3,10,12,14,16,20H,4-9,11,13H2,(H,23,24,26,27)/t16-/m0/s1. The van der Waals surface area contributed by atoms with Gasteiger partial charge < -0.3 is 25.2 Å². The molecule has 2 aliphatic rings. The molecule has 12 nitrogen and oxygen atoms in total. The lowest BCUT2D eigenvalue weighted by molar-refractivity contribution is 0.0161. The SMILES string of the molecule is c1cnc(N2CCN(c3ncnc(Nc4cnn(C[C@@H]5CNCCO5)c4)n3)CC2)nc1. The quantitative estimate of drug-likeness (QED) is 0.553. The van der Waals surface area contributed by atoms with Crippen molar-refractivity contribution in [3.05, 3.63) is 37.2 Å². The Labute approximate surface area is 179 Å². The van der Waals surface area contributed by atoms with Gasteiger partial charge >= 0.3 is 0 Å². The topological polar surface area (TPSA) is 122 Å². The van der Waals surface area contributed by atoms with Crippen molar-refractivity contribution in [1.29, 1.82) is 0 Å². The maximum Gasteiger partial charge on any atom is 0.232 e. The summed E-state index contributed by atoms with van der Waals surface area (Å²) in [6.45, 7) is 6.36. The van der Waals surface area contributed by atoms with Gasteiger partial charge in [0.1, 0.15) is 6.33 Å². The lowest BCUT2D eigenvalue weighted by Gasteiger charge is -2.34. The Kier molecular flexibility index (Phi) is 5.80. The van der Waals surface area contributed by atoms with Crippen molar-refractivity contribution >= 4 is 23.5 Å². The molecule has 0 amide bonds. The molecule has 2 saturated heterocycles. The van der Waals surface area contributed by atoms with Crippen molar-refractivity contribution < 1.29 is 4.74 Å². The van der Waals surface area contributed by atoms with E-state index in [2.05, 4.69) is 50.5 Å². The molecule has 2 fully saturated rings. The van der Waals surface area contributed by atoms with Crippen LogP contribution in [0.4, 0.5) is 23.5 Å². The third-order valence-corrected chi connectivity index (χ3v) is 5.24. The highest BCUT2D eigenvalue weighted by Crippen LogP contribution is 2.17. The number of ether oxygens (including phenoxy) is 1. The number of nitrogens with one attached hydrogen (secondary N) is 2. The molecule has 2 N–H and O–H groups in total. The molecule has 1 atom stereocenters. The maximum atomic E-state index is 5.73. The van der Waals surface area contributed by atoms with Gasteiger partial charge in [0.25, 0.3) is 0 Å². The summed E-state index contributed by atoms with van der Waals surface area (Å²) >= 11 is 0. The number of hydrogen-bond donors (Lipinski definition) is 2. The Morgan fingerprint density at radius 3 is 2.61 bits per heavy atom. The normalized spacial score (nSPS) is 19.4. The van der Waals surface area contributed by atoms with Gasteiger partial charge in [-0.1, -0.05) is 0 Å². The average molecular weight is 423 g/mol. The molecule has 0 radical (unpaired) electrons. The first-order valence-electron chi connectivity index (χ1n) is 10.4. The van der Waals surface area contributed by atoms with Crippen molar-refractivity contribution in [3.63, 3.8) is 0 Å². The number of morpholine rings is 1. The molecule has 12 heteroatoms. The minimum atomic E-state index is 0.130. The molecule has 5 heterocycles. The van der Waals surface area contributed by atoms with Gasteiger partial charge in [0, 0.05) is 57.9 Å². The highest BCUT2D eigenvalue weighted by Gasteiger charge is 2.21. The first-order valence-corrected chi connectivity index (χ1v) is 10.4. The molecule has 3 aromatic heterocycles. The molecule has 162 valence electrons. The van der Waals surface area contributed by atoms with E-state index in [-0.39, 0.29) is 6.10 Å². The molecule has 0 aliphatic carbocycles. The van der Waals surface area contributed by atoms with Crippen molar-refractivity contribution in [1.82, 2.24) is 40.0 Å². The van der Waals surface area contributed by atoms with Gasteiger partial charge in [0.05, 0.1) is 31.1 Å². The number of rotatable bonds is 6. The predicted octanol–water partition coefficient (Wildman–Crippen LogP) is -0.0833. The van der Waals surface area contributed by atoms with Gasteiger partial charge in [-0.3, -0.25) is 4.68 Å². The Hall–Kier alpha value is -3.38. The lowest BCUT2D eigenvalue weighted by atomic mass is 10.3.